The molecule has 0 amide bonds. The first-order chi connectivity index (χ1) is 19.2. The number of fused-ring (bicyclic) bond motifs is 1. The van der Waals surface area contributed by atoms with Gasteiger partial charge in [0.05, 0.1) is 16.3 Å². The van der Waals surface area contributed by atoms with Crippen molar-refractivity contribution in [3.8, 4) is 23.0 Å². The molecule has 0 unspecified atom stereocenters. The molecule has 0 fully saturated rings. The molecule has 0 saturated carbocycles. The van der Waals surface area contributed by atoms with Crippen molar-refractivity contribution in [3.63, 3.8) is 0 Å². The maximum atomic E-state index is 13.9. The van der Waals surface area contributed by atoms with Crippen molar-refractivity contribution in [2.45, 2.75) is 23.9 Å². The molecule has 5 rings (SSSR count). The molecule has 0 bridgehead atoms. The zero-order valence-corrected chi connectivity index (χ0v) is 23.2. The van der Waals surface area contributed by atoms with E-state index in [4.69, 9.17) is 0 Å². The highest BCUT2D eigenvalue weighted by Gasteiger charge is 2.60. The Labute approximate surface area is 235 Å². The number of alkyl halides is 5. The Bertz CT molecular complexity index is 1990. The van der Waals surface area contributed by atoms with Gasteiger partial charge in [-0.15, -0.1) is 10.2 Å². The summed E-state index contributed by atoms with van der Waals surface area (Å²) in [5.41, 5.74) is -2.80. The van der Waals surface area contributed by atoms with Crippen molar-refractivity contribution in [2.24, 2.45) is 7.05 Å². The number of pyridine rings is 1. The lowest BCUT2D eigenvalue weighted by atomic mass is 10.2. The molecule has 0 radical (unpaired) electrons. The van der Waals surface area contributed by atoms with Crippen LogP contribution in [0.1, 0.15) is 12.6 Å². The molecule has 11 nitrogen and oxygen atoms in total. The van der Waals surface area contributed by atoms with Crippen molar-refractivity contribution in [2.75, 3.05) is 5.75 Å². The van der Waals surface area contributed by atoms with E-state index in [-0.39, 0.29) is 33.6 Å². The second kappa shape index (κ2) is 9.79. The van der Waals surface area contributed by atoms with Crippen molar-refractivity contribution in [3.05, 3.63) is 69.4 Å². The van der Waals surface area contributed by atoms with Gasteiger partial charge in [0.25, 0.3) is 0 Å². The standard InChI is InChI=1S/C23H16BrF5N8O3S/c1-3-41(39,40)15-7-8-17(37-21(38)36(11-30-37)13-6-4-5-12(24)9-13)32-18(15)20-31-14-10-16(22(25,26)23(27,28)29)33-34-19(14)35(20)2/h4-11H,3H2,1-2H3. The highest BCUT2D eigenvalue weighted by atomic mass is 79.9. The maximum Gasteiger partial charge on any atom is 0.459 e. The maximum absolute atomic E-state index is 13.9. The molecule has 0 atom stereocenters. The SMILES string of the molecule is CCS(=O)(=O)c1ccc(-n2ncn(-c3cccc(Br)c3)c2=O)nc1-c1nc2cc(C(F)(F)C(F)(F)F)nnc2n1C. The van der Waals surface area contributed by atoms with Gasteiger partial charge in [0.15, 0.2) is 27.1 Å². The zero-order valence-electron chi connectivity index (χ0n) is 20.8. The number of benzene rings is 1. The van der Waals surface area contributed by atoms with Gasteiger partial charge in [-0.05, 0) is 36.4 Å². The Morgan fingerprint density at radius 2 is 1.73 bits per heavy atom. The van der Waals surface area contributed by atoms with Gasteiger partial charge >= 0.3 is 17.8 Å². The highest BCUT2D eigenvalue weighted by molar-refractivity contribution is 9.10. The van der Waals surface area contributed by atoms with Gasteiger partial charge in [-0.3, -0.25) is 0 Å². The number of hydrogen-bond donors (Lipinski definition) is 0. The van der Waals surface area contributed by atoms with E-state index >= 15 is 0 Å². The lowest BCUT2D eigenvalue weighted by molar-refractivity contribution is -0.291. The highest BCUT2D eigenvalue weighted by Crippen LogP contribution is 2.43. The summed E-state index contributed by atoms with van der Waals surface area (Å²) < 4.78 is 96.4. The summed E-state index contributed by atoms with van der Waals surface area (Å²) in [6.07, 6.45) is -4.70. The minimum absolute atomic E-state index is 0.115. The second-order valence-electron chi connectivity index (χ2n) is 8.60. The fourth-order valence-electron chi connectivity index (χ4n) is 3.88. The predicted molar refractivity (Wildman–Crippen MR) is 138 cm³/mol. The Balaban J connectivity index is 1.70. The summed E-state index contributed by atoms with van der Waals surface area (Å²) in [5.74, 6) is -6.02. The van der Waals surface area contributed by atoms with E-state index < -0.39 is 38.8 Å². The minimum atomic E-state index is -5.93. The smallest absolute Gasteiger partial charge is 0.309 e. The number of hydrogen-bond acceptors (Lipinski definition) is 8. The van der Waals surface area contributed by atoms with E-state index in [1.54, 1.807) is 24.3 Å². The molecule has 0 spiro atoms. The number of halogens is 6. The average Bonchev–Trinajstić information content (AvgIpc) is 3.47. The first-order valence-corrected chi connectivity index (χ1v) is 13.9. The molecular weight excluding hydrogens is 643 g/mol. The van der Waals surface area contributed by atoms with Gasteiger partial charge in [0.2, 0.25) is 0 Å². The van der Waals surface area contributed by atoms with Crippen LogP contribution < -0.4 is 5.69 Å². The normalized spacial score (nSPS) is 12.8. The number of rotatable bonds is 6. The van der Waals surface area contributed by atoms with Crippen LogP contribution in [0.5, 0.6) is 0 Å². The molecule has 5 aromatic rings. The molecule has 4 aromatic heterocycles. The van der Waals surface area contributed by atoms with Crippen molar-refractivity contribution >= 4 is 36.9 Å². The van der Waals surface area contributed by atoms with E-state index in [1.807, 2.05) is 0 Å². The topological polar surface area (TPSA) is 130 Å². The molecule has 1 aromatic carbocycles. The number of aryl methyl sites for hydroxylation is 1. The van der Waals surface area contributed by atoms with Crippen LogP contribution in [0.15, 0.2) is 63.0 Å². The third-order valence-electron chi connectivity index (χ3n) is 6.04. The fraction of sp³-hybridized carbons (Fsp3) is 0.217. The van der Waals surface area contributed by atoms with E-state index in [9.17, 15) is 35.2 Å². The van der Waals surface area contributed by atoms with Crippen molar-refractivity contribution < 1.29 is 30.4 Å². The predicted octanol–water partition coefficient (Wildman–Crippen LogP) is 3.97. The van der Waals surface area contributed by atoms with Crippen LogP contribution in [0.2, 0.25) is 0 Å². The third-order valence-corrected chi connectivity index (χ3v) is 8.29. The number of nitrogens with zero attached hydrogens (tertiary/aromatic N) is 8. The quantitative estimate of drug-likeness (QED) is 0.251. The lowest BCUT2D eigenvalue weighted by Crippen LogP contribution is -2.34. The summed E-state index contributed by atoms with van der Waals surface area (Å²) >= 11 is 3.32. The van der Waals surface area contributed by atoms with Gasteiger partial charge in [0, 0.05) is 11.5 Å². The van der Waals surface area contributed by atoms with E-state index in [1.165, 1.54) is 37.0 Å². The first-order valence-electron chi connectivity index (χ1n) is 11.5. The molecule has 4 heterocycles. The van der Waals surface area contributed by atoms with Crippen LogP contribution >= 0.6 is 15.9 Å². The molecule has 0 aliphatic carbocycles. The number of aromatic nitrogens is 8. The Morgan fingerprint density at radius 3 is 2.39 bits per heavy atom. The Morgan fingerprint density at radius 1 is 1.00 bits per heavy atom. The molecule has 0 saturated heterocycles. The third kappa shape index (κ3) is 4.79. The van der Waals surface area contributed by atoms with Crippen LogP contribution in [0.3, 0.4) is 0 Å². The lowest BCUT2D eigenvalue weighted by Gasteiger charge is -2.17. The molecule has 18 heteroatoms. The van der Waals surface area contributed by atoms with Crippen LogP contribution in [-0.4, -0.2) is 59.4 Å². The summed E-state index contributed by atoms with van der Waals surface area (Å²) in [5, 5.41) is 10.6. The second-order valence-corrected chi connectivity index (χ2v) is 11.8. The van der Waals surface area contributed by atoms with Crippen LogP contribution in [-0.2, 0) is 22.8 Å². The van der Waals surface area contributed by atoms with Gasteiger partial charge in [-0.25, -0.2) is 27.7 Å². The number of sulfone groups is 1. The van der Waals surface area contributed by atoms with Crippen LogP contribution in [0.4, 0.5) is 22.0 Å². The van der Waals surface area contributed by atoms with Crippen LogP contribution in [0, 0.1) is 0 Å². The van der Waals surface area contributed by atoms with Crippen LogP contribution in [0.25, 0.3) is 34.2 Å². The first kappa shape index (κ1) is 28.5. The molecular formula is C23H16BrF5N8O3S. The molecule has 41 heavy (non-hydrogen) atoms. The minimum Gasteiger partial charge on any atom is -0.309 e. The van der Waals surface area contributed by atoms with Crippen molar-refractivity contribution in [1.82, 2.24) is 39.1 Å². The molecule has 0 N–H and O–H groups in total. The van der Waals surface area contributed by atoms with E-state index in [2.05, 4.69) is 41.2 Å². The molecule has 0 aliphatic rings. The zero-order chi connectivity index (χ0) is 29.9. The number of imidazole rings is 1. The largest absolute Gasteiger partial charge is 0.459 e. The average molecular weight is 659 g/mol. The van der Waals surface area contributed by atoms with Gasteiger partial charge < -0.3 is 4.57 Å². The van der Waals surface area contributed by atoms with Gasteiger partial charge in [0.1, 0.15) is 23.2 Å². The Kier molecular flexibility index (Phi) is 6.80. The summed E-state index contributed by atoms with van der Waals surface area (Å²) in [7, 11) is -2.65. The van der Waals surface area contributed by atoms with E-state index in [0.717, 1.165) is 9.25 Å². The summed E-state index contributed by atoms with van der Waals surface area (Å²) in [4.78, 5) is 21.3. The summed E-state index contributed by atoms with van der Waals surface area (Å²) in [6, 6.07) is 9.63. The molecule has 214 valence electrons. The van der Waals surface area contributed by atoms with Crippen molar-refractivity contribution in [1.29, 1.82) is 0 Å². The fourth-order valence-corrected chi connectivity index (χ4v) is 5.29. The van der Waals surface area contributed by atoms with Gasteiger partial charge in [-0.2, -0.15) is 31.7 Å². The van der Waals surface area contributed by atoms with Gasteiger partial charge in [-0.1, -0.05) is 28.9 Å². The Hall–Kier alpha value is -4.06. The monoisotopic (exact) mass is 658 g/mol. The summed E-state index contributed by atoms with van der Waals surface area (Å²) in [6.45, 7) is 1.38. The molecule has 0 aliphatic heterocycles. The van der Waals surface area contributed by atoms with E-state index in [0.29, 0.717) is 16.2 Å².